The van der Waals surface area contributed by atoms with E-state index in [4.69, 9.17) is 25.2 Å². The Morgan fingerprint density at radius 3 is 1.45 bits per heavy atom. The number of nitrogens with two attached hydrogens (primary N) is 1. The molecule has 2 N–H and O–H groups in total. The molecule has 15 nitrogen and oxygen atoms in total. The molecule has 0 aliphatic carbocycles. The van der Waals surface area contributed by atoms with E-state index in [1.807, 2.05) is 29.4 Å². The predicted molar refractivity (Wildman–Crippen MR) is 312 cm³/mol. The molecule has 2 saturated heterocycles. The lowest BCUT2D eigenvalue weighted by atomic mass is 9.94. The molecule has 0 radical (unpaired) electrons. The molecule has 4 aromatic heterocycles. The molecule has 2 aliphatic heterocycles. The average Bonchev–Trinajstić information content (AvgIpc) is 4.06. The molecule has 15 heteroatoms. The normalized spacial score (nSPS) is 16.2. The van der Waals surface area contributed by atoms with Gasteiger partial charge in [0.25, 0.3) is 0 Å². The summed E-state index contributed by atoms with van der Waals surface area (Å²) in [6.07, 6.45) is 18.7. The van der Waals surface area contributed by atoms with Crippen molar-refractivity contribution in [2.75, 3.05) is 53.6 Å². The van der Waals surface area contributed by atoms with Crippen LogP contribution in [0, 0.1) is 5.92 Å². The summed E-state index contributed by atoms with van der Waals surface area (Å²) in [5, 5.41) is 0. The summed E-state index contributed by atoms with van der Waals surface area (Å²) in [5.41, 5.74) is 17.3. The molecule has 2 fully saturated rings. The predicted octanol–water partition coefficient (Wildman–Crippen LogP) is 11.0. The maximum Gasteiger partial charge on any atom is 0.224 e. The van der Waals surface area contributed by atoms with Crippen LogP contribution < -0.4 is 5.73 Å². The summed E-state index contributed by atoms with van der Waals surface area (Å²) in [6.45, 7) is 8.38. The second kappa shape index (κ2) is 29.0. The van der Waals surface area contributed by atoms with Crippen LogP contribution in [0.2, 0.25) is 0 Å². The zero-order chi connectivity index (χ0) is 52.6. The lowest BCUT2D eigenvalue weighted by molar-refractivity contribution is -0.133. The first-order chi connectivity index (χ1) is 37.2. The number of nitrogens with zero attached hydrogens (tertiary/aromatic N) is 10. The van der Waals surface area contributed by atoms with E-state index in [0.717, 1.165) is 140 Å². The van der Waals surface area contributed by atoms with Gasteiger partial charge in [-0.1, -0.05) is 94.6 Å². The first kappa shape index (κ1) is 58.5. The van der Waals surface area contributed by atoms with Crippen LogP contribution in [0.3, 0.4) is 0 Å². The van der Waals surface area contributed by atoms with Crippen molar-refractivity contribution in [3.63, 3.8) is 0 Å². The molecule has 0 saturated carbocycles. The van der Waals surface area contributed by atoms with Crippen molar-refractivity contribution in [3.05, 3.63) is 157 Å². The number of carbonyl (C=O) groups is 2. The van der Waals surface area contributed by atoms with Gasteiger partial charge in [-0.2, -0.15) is 0 Å². The van der Waals surface area contributed by atoms with Crippen molar-refractivity contribution >= 4 is 33.9 Å². The second-order valence-corrected chi connectivity index (χ2v) is 20.6. The van der Waals surface area contributed by atoms with Crippen LogP contribution in [0.1, 0.15) is 108 Å². The smallest absolute Gasteiger partial charge is 0.224 e. The Balaban J connectivity index is 0.000000220. The third-order valence-corrected chi connectivity index (χ3v) is 14.8. The molecule has 0 bridgehead atoms. The molecule has 2 amide bonds. The Morgan fingerprint density at radius 1 is 0.577 bits per heavy atom. The maximum absolute atomic E-state index is 13.4. The van der Waals surface area contributed by atoms with Crippen molar-refractivity contribution in [1.82, 2.24) is 48.8 Å². The summed E-state index contributed by atoms with van der Waals surface area (Å²) < 4.78 is 15.3. The van der Waals surface area contributed by atoms with Gasteiger partial charge in [0.2, 0.25) is 11.8 Å². The van der Waals surface area contributed by atoms with E-state index in [0.29, 0.717) is 32.4 Å². The minimum absolute atomic E-state index is 0. The lowest BCUT2D eigenvalue weighted by Gasteiger charge is -2.33. The monoisotopic (exact) mass is 1060 g/mol. The molecule has 0 spiro atoms. The SMILES string of the molecule is C.C.COCCCn1c([C@@H]2CCCN(C(=O)C[C@H](C)Cc3ccc(-c4cncnc4)cc3)C2)nc2ccccc21.COCCCn1c([C@@H]2CCCN(C(=O)C[C@H](N)Cc3ccc(-c4cncnc4)cc3)C2)nc2ccccc21. The number of fused-ring (bicyclic) bond motifs is 2. The highest BCUT2D eigenvalue weighted by Gasteiger charge is 2.31. The molecule has 4 atom stereocenters. The third-order valence-electron chi connectivity index (χ3n) is 14.8. The largest absolute Gasteiger partial charge is 0.385 e. The van der Waals surface area contributed by atoms with E-state index < -0.39 is 0 Å². The quantitative estimate of drug-likeness (QED) is 0.0720. The number of ether oxygens (including phenoxy) is 2. The van der Waals surface area contributed by atoms with Crippen LogP contribution in [0.5, 0.6) is 0 Å². The summed E-state index contributed by atoms with van der Waals surface area (Å²) >= 11 is 0. The highest BCUT2D eigenvalue weighted by Crippen LogP contribution is 2.33. The van der Waals surface area contributed by atoms with Crippen LogP contribution in [-0.2, 0) is 45.0 Å². The Labute approximate surface area is 461 Å². The molecular formula is C63H81N11O4. The summed E-state index contributed by atoms with van der Waals surface area (Å²) in [6, 6.07) is 33.1. The standard InChI is InChI=1S/C31H37N5O2.C30H36N6O2.2CH4/c1-23(17-24-10-12-25(13-11-24)27-19-32-22-33-20-27)18-30(37)35-14-5-7-26(21-35)31-34-28-8-3-4-9-29(28)36(31)15-6-16-38-2;1-38-15-5-14-36-28-8-3-2-7-27(28)34-30(36)24-6-4-13-35(20-24)29(37)17-26(31)16-22-9-11-23(12-10-22)25-18-32-21-33-19-25;;/h3-4,8-13,19-20,22-23,26H,5-7,14-18,21H2,1-2H3;2-3,7-12,18-19,21,24,26H,4-6,13-17,20,31H2,1H3;2*1H4/t23-,26-;24-,26-;;/m11../s1. The minimum Gasteiger partial charge on any atom is -0.385 e. The highest BCUT2D eigenvalue weighted by atomic mass is 16.5. The van der Waals surface area contributed by atoms with Gasteiger partial charge in [0.15, 0.2) is 0 Å². The number of hydrogen-bond donors (Lipinski definition) is 1. The van der Waals surface area contributed by atoms with Gasteiger partial charge >= 0.3 is 0 Å². The number of para-hydroxylation sites is 4. The number of amides is 2. The van der Waals surface area contributed by atoms with E-state index in [1.165, 1.54) is 17.4 Å². The molecule has 2 aliphatic rings. The number of hydrogen-bond acceptors (Lipinski definition) is 11. The van der Waals surface area contributed by atoms with Gasteiger partial charge in [-0.3, -0.25) is 9.59 Å². The van der Waals surface area contributed by atoms with Crippen molar-refractivity contribution < 1.29 is 19.1 Å². The van der Waals surface area contributed by atoms with Crippen LogP contribution in [0.4, 0.5) is 0 Å². The Morgan fingerprint density at radius 2 is 1.00 bits per heavy atom. The number of likely N-dealkylation sites (tertiary alicyclic amines) is 2. The van der Waals surface area contributed by atoms with Gasteiger partial charge in [0.1, 0.15) is 24.3 Å². The zero-order valence-corrected chi connectivity index (χ0v) is 44.4. The van der Waals surface area contributed by atoms with E-state index >= 15 is 0 Å². The fourth-order valence-electron chi connectivity index (χ4n) is 11.0. The van der Waals surface area contributed by atoms with Crippen LogP contribution in [0.25, 0.3) is 44.3 Å². The zero-order valence-electron chi connectivity index (χ0n) is 44.4. The number of methoxy groups -OCH3 is 2. The summed E-state index contributed by atoms with van der Waals surface area (Å²) in [5.74, 6) is 3.31. The van der Waals surface area contributed by atoms with Gasteiger partial charge < -0.3 is 34.1 Å². The van der Waals surface area contributed by atoms with Gasteiger partial charge in [-0.05, 0) is 104 Å². The number of imidazole rings is 2. The first-order valence-electron chi connectivity index (χ1n) is 27.1. The van der Waals surface area contributed by atoms with Gasteiger partial charge in [-0.15, -0.1) is 0 Å². The van der Waals surface area contributed by atoms with Crippen LogP contribution in [0.15, 0.2) is 135 Å². The Hall–Kier alpha value is -7.20. The van der Waals surface area contributed by atoms with Gasteiger partial charge in [0, 0.05) is 133 Å². The highest BCUT2D eigenvalue weighted by molar-refractivity contribution is 5.79. The maximum atomic E-state index is 13.4. The second-order valence-electron chi connectivity index (χ2n) is 20.6. The molecule has 412 valence electrons. The first-order valence-corrected chi connectivity index (χ1v) is 27.1. The molecule has 6 heterocycles. The van der Waals surface area contributed by atoms with Crippen molar-refractivity contribution in [3.8, 4) is 22.3 Å². The van der Waals surface area contributed by atoms with Crippen molar-refractivity contribution in [2.45, 2.75) is 117 Å². The van der Waals surface area contributed by atoms with E-state index in [-0.39, 0.29) is 50.5 Å². The van der Waals surface area contributed by atoms with Crippen LogP contribution >= 0.6 is 0 Å². The molecule has 0 unspecified atom stereocenters. The van der Waals surface area contributed by atoms with E-state index in [2.05, 4.69) is 126 Å². The van der Waals surface area contributed by atoms with E-state index in [1.54, 1.807) is 32.9 Å². The fourth-order valence-corrected chi connectivity index (χ4v) is 11.0. The fraction of sp³-hybridized carbons (Fsp3) is 0.429. The Kier molecular flexibility index (Phi) is 21.7. The van der Waals surface area contributed by atoms with Crippen molar-refractivity contribution in [1.29, 1.82) is 0 Å². The van der Waals surface area contributed by atoms with E-state index in [9.17, 15) is 9.59 Å². The summed E-state index contributed by atoms with van der Waals surface area (Å²) in [7, 11) is 3.48. The van der Waals surface area contributed by atoms with Crippen LogP contribution in [-0.4, -0.2) is 120 Å². The number of benzene rings is 4. The van der Waals surface area contributed by atoms with Gasteiger partial charge in [0.05, 0.1) is 22.1 Å². The molecule has 10 rings (SSSR count). The topological polar surface area (TPSA) is 172 Å². The Bertz CT molecular complexity index is 2880. The van der Waals surface area contributed by atoms with Crippen molar-refractivity contribution in [2.24, 2.45) is 11.7 Å². The molecule has 8 aromatic rings. The molecule has 78 heavy (non-hydrogen) atoms. The number of aryl methyl sites for hydroxylation is 2. The number of carbonyl (C=O) groups excluding carboxylic acids is 2. The summed E-state index contributed by atoms with van der Waals surface area (Å²) in [4.78, 5) is 57.1. The third kappa shape index (κ3) is 15.1. The lowest BCUT2D eigenvalue weighted by Crippen LogP contribution is -2.42. The molecular weight excluding hydrogens is 975 g/mol. The number of aromatic nitrogens is 8. The molecule has 4 aromatic carbocycles. The average molecular weight is 1060 g/mol. The van der Waals surface area contributed by atoms with Gasteiger partial charge in [-0.25, -0.2) is 29.9 Å². The minimum atomic E-state index is -0.229. The number of rotatable bonds is 20. The number of piperidine rings is 2.